The van der Waals surface area contributed by atoms with Gasteiger partial charge in [0.1, 0.15) is 0 Å². The van der Waals surface area contributed by atoms with Crippen molar-refractivity contribution in [1.82, 2.24) is 5.32 Å². The Labute approximate surface area is 104 Å². The predicted octanol–water partition coefficient (Wildman–Crippen LogP) is 2.77. The van der Waals surface area contributed by atoms with Gasteiger partial charge in [-0.2, -0.15) is 0 Å². The van der Waals surface area contributed by atoms with Crippen molar-refractivity contribution in [2.45, 2.75) is 51.3 Å². The summed E-state index contributed by atoms with van der Waals surface area (Å²) < 4.78 is 5.57. The van der Waals surface area contributed by atoms with E-state index in [9.17, 15) is 0 Å². The maximum Gasteiger partial charge on any atom is 0.0700 e. The fourth-order valence-corrected chi connectivity index (χ4v) is 2.43. The predicted molar refractivity (Wildman–Crippen MR) is 71.2 cm³/mol. The largest absolute Gasteiger partial charge is 0.377 e. The van der Waals surface area contributed by atoms with E-state index in [1.165, 1.54) is 12.0 Å². The second-order valence-electron chi connectivity index (χ2n) is 5.06. The van der Waals surface area contributed by atoms with Crippen molar-refractivity contribution in [3.63, 3.8) is 0 Å². The van der Waals surface area contributed by atoms with Crippen molar-refractivity contribution in [3.8, 4) is 0 Å². The van der Waals surface area contributed by atoms with Gasteiger partial charge >= 0.3 is 0 Å². The third-order valence-electron chi connectivity index (χ3n) is 3.58. The average Bonchev–Trinajstić information content (AvgIpc) is 2.74. The molecular weight excluding hydrogens is 210 g/mol. The minimum atomic E-state index is 0.370. The Bertz CT molecular complexity index is 325. The lowest BCUT2D eigenvalue weighted by Crippen LogP contribution is -2.40. The first kappa shape index (κ1) is 12.6. The molecule has 1 aromatic carbocycles. The molecule has 1 heterocycles. The zero-order valence-electron chi connectivity index (χ0n) is 10.9. The molecule has 2 heteroatoms. The van der Waals surface area contributed by atoms with E-state index in [1.54, 1.807) is 0 Å². The molecule has 0 aromatic heterocycles. The quantitative estimate of drug-likeness (QED) is 0.844. The van der Waals surface area contributed by atoms with Crippen molar-refractivity contribution < 1.29 is 4.74 Å². The lowest BCUT2D eigenvalue weighted by atomic mass is 10.0. The van der Waals surface area contributed by atoms with Crippen molar-refractivity contribution in [2.24, 2.45) is 0 Å². The molecule has 0 radical (unpaired) electrons. The summed E-state index contributed by atoms with van der Waals surface area (Å²) in [6, 6.07) is 11.8. The van der Waals surface area contributed by atoms with Gasteiger partial charge in [0.05, 0.1) is 6.10 Å². The zero-order chi connectivity index (χ0) is 12.1. The molecule has 3 atom stereocenters. The molecule has 0 spiro atoms. The van der Waals surface area contributed by atoms with Gasteiger partial charge in [-0.05, 0) is 38.7 Å². The summed E-state index contributed by atoms with van der Waals surface area (Å²) >= 11 is 0. The van der Waals surface area contributed by atoms with Crippen LogP contribution in [-0.4, -0.2) is 24.8 Å². The second kappa shape index (κ2) is 6.18. The first-order valence-electron chi connectivity index (χ1n) is 6.67. The Balaban J connectivity index is 1.72. The fraction of sp³-hybridized carbons (Fsp3) is 0.600. The van der Waals surface area contributed by atoms with Crippen LogP contribution in [0, 0.1) is 0 Å². The third-order valence-corrected chi connectivity index (χ3v) is 3.58. The molecule has 1 aliphatic heterocycles. The van der Waals surface area contributed by atoms with Gasteiger partial charge in [-0.25, -0.2) is 0 Å². The van der Waals surface area contributed by atoms with Gasteiger partial charge in [-0.3, -0.25) is 0 Å². The third kappa shape index (κ3) is 3.83. The first-order valence-corrected chi connectivity index (χ1v) is 6.67. The van der Waals surface area contributed by atoms with Crippen LogP contribution < -0.4 is 5.32 Å². The van der Waals surface area contributed by atoms with Crippen LogP contribution in [-0.2, 0) is 11.2 Å². The van der Waals surface area contributed by atoms with E-state index < -0.39 is 0 Å². The summed E-state index contributed by atoms with van der Waals surface area (Å²) in [5, 5.41) is 3.67. The van der Waals surface area contributed by atoms with Crippen LogP contribution in [0.4, 0.5) is 0 Å². The van der Waals surface area contributed by atoms with Crippen molar-refractivity contribution >= 4 is 0 Å². The summed E-state index contributed by atoms with van der Waals surface area (Å²) in [6.45, 7) is 5.34. The maximum absolute atomic E-state index is 5.57. The van der Waals surface area contributed by atoms with E-state index in [1.807, 2.05) is 0 Å². The average molecular weight is 233 g/mol. The lowest BCUT2D eigenvalue weighted by Gasteiger charge is -2.21. The monoisotopic (exact) mass is 233 g/mol. The van der Waals surface area contributed by atoms with Crippen LogP contribution in [0.5, 0.6) is 0 Å². The van der Waals surface area contributed by atoms with Crippen molar-refractivity contribution in [1.29, 1.82) is 0 Å². The topological polar surface area (TPSA) is 21.3 Å². The number of benzene rings is 1. The normalized spacial score (nSPS) is 26.0. The van der Waals surface area contributed by atoms with Crippen LogP contribution in [0.2, 0.25) is 0 Å². The highest BCUT2D eigenvalue weighted by molar-refractivity contribution is 5.14. The second-order valence-corrected chi connectivity index (χ2v) is 5.06. The van der Waals surface area contributed by atoms with E-state index in [2.05, 4.69) is 49.5 Å². The minimum Gasteiger partial charge on any atom is -0.377 e. The smallest absolute Gasteiger partial charge is 0.0700 e. The molecule has 1 saturated heterocycles. The number of nitrogens with one attached hydrogen (secondary N) is 1. The molecule has 0 aliphatic carbocycles. The molecule has 1 aromatic rings. The standard InChI is InChI=1S/C15H23NO/c1-12(16-15-10-11-17-13(15)2)8-9-14-6-4-3-5-7-14/h3-7,12-13,15-16H,8-11H2,1-2H3. The molecule has 2 nitrogen and oxygen atoms in total. The highest BCUT2D eigenvalue weighted by atomic mass is 16.5. The SMILES string of the molecule is CC(CCc1ccccc1)NC1CCOC1C. The molecule has 3 unspecified atom stereocenters. The number of aryl methyl sites for hydroxylation is 1. The van der Waals surface area contributed by atoms with Gasteiger partial charge in [-0.1, -0.05) is 30.3 Å². The van der Waals surface area contributed by atoms with E-state index in [0.29, 0.717) is 18.2 Å². The highest BCUT2D eigenvalue weighted by Gasteiger charge is 2.24. The van der Waals surface area contributed by atoms with E-state index in [0.717, 1.165) is 19.4 Å². The van der Waals surface area contributed by atoms with Gasteiger partial charge in [0.15, 0.2) is 0 Å². The van der Waals surface area contributed by atoms with Gasteiger partial charge in [0, 0.05) is 18.7 Å². The number of ether oxygens (including phenoxy) is 1. The van der Waals surface area contributed by atoms with E-state index >= 15 is 0 Å². The first-order chi connectivity index (χ1) is 8.25. The Morgan fingerprint density at radius 1 is 1.35 bits per heavy atom. The molecule has 0 amide bonds. The number of rotatable bonds is 5. The number of hydrogen-bond acceptors (Lipinski definition) is 2. The molecule has 0 saturated carbocycles. The molecule has 1 fully saturated rings. The zero-order valence-corrected chi connectivity index (χ0v) is 10.9. The van der Waals surface area contributed by atoms with Gasteiger partial charge < -0.3 is 10.1 Å². The van der Waals surface area contributed by atoms with Crippen LogP contribution in [0.1, 0.15) is 32.3 Å². The summed E-state index contributed by atoms with van der Waals surface area (Å²) in [4.78, 5) is 0. The summed E-state index contributed by atoms with van der Waals surface area (Å²) in [7, 11) is 0. The minimum absolute atomic E-state index is 0.370. The summed E-state index contributed by atoms with van der Waals surface area (Å²) in [5.41, 5.74) is 1.43. The molecular formula is C15H23NO. The number of hydrogen-bond donors (Lipinski definition) is 1. The molecule has 17 heavy (non-hydrogen) atoms. The van der Waals surface area contributed by atoms with Gasteiger partial charge in [-0.15, -0.1) is 0 Å². The maximum atomic E-state index is 5.57. The van der Waals surface area contributed by atoms with E-state index in [4.69, 9.17) is 4.74 Å². The molecule has 94 valence electrons. The molecule has 0 bridgehead atoms. The summed E-state index contributed by atoms with van der Waals surface area (Å²) in [6.07, 6.45) is 3.86. The van der Waals surface area contributed by atoms with Crippen LogP contribution in [0.25, 0.3) is 0 Å². The van der Waals surface area contributed by atoms with Gasteiger partial charge in [0.2, 0.25) is 0 Å². The Morgan fingerprint density at radius 3 is 2.76 bits per heavy atom. The van der Waals surface area contributed by atoms with E-state index in [-0.39, 0.29) is 0 Å². The molecule has 1 N–H and O–H groups in total. The Morgan fingerprint density at radius 2 is 2.12 bits per heavy atom. The Kier molecular flexibility index (Phi) is 4.57. The van der Waals surface area contributed by atoms with Crippen molar-refractivity contribution in [3.05, 3.63) is 35.9 Å². The molecule has 1 aliphatic rings. The Hall–Kier alpha value is -0.860. The fourth-order valence-electron chi connectivity index (χ4n) is 2.43. The lowest BCUT2D eigenvalue weighted by molar-refractivity contribution is 0.111. The van der Waals surface area contributed by atoms with Crippen LogP contribution in [0.3, 0.4) is 0 Å². The summed E-state index contributed by atoms with van der Waals surface area (Å²) in [5.74, 6) is 0. The van der Waals surface area contributed by atoms with Crippen LogP contribution in [0.15, 0.2) is 30.3 Å². The van der Waals surface area contributed by atoms with Gasteiger partial charge in [0.25, 0.3) is 0 Å². The highest BCUT2D eigenvalue weighted by Crippen LogP contribution is 2.14. The van der Waals surface area contributed by atoms with Crippen LogP contribution >= 0.6 is 0 Å². The molecule has 2 rings (SSSR count). The van der Waals surface area contributed by atoms with Crippen molar-refractivity contribution in [2.75, 3.05) is 6.61 Å².